The maximum Gasteiger partial charge on any atom is 0.318 e. The molecular formula is C7H5N3O2. The van der Waals surface area contributed by atoms with Crippen molar-refractivity contribution in [3.63, 3.8) is 0 Å². The lowest BCUT2D eigenvalue weighted by Gasteiger charge is -2.01. The molecule has 0 radical (unpaired) electrons. The summed E-state index contributed by atoms with van der Waals surface area (Å²) in [5, 5.41) is 10.4. The summed E-state index contributed by atoms with van der Waals surface area (Å²) in [6, 6.07) is 0. The third-order valence-corrected chi connectivity index (χ3v) is 1.62. The van der Waals surface area contributed by atoms with Crippen LogP contribution in [0.1, 0.15) is 21.8 Å². The van der Waals surface area contributed by atoms with E-state index in [2.05, 4.69) is 22.0 Å². The highest BCUT2D eigenvalue weighted by atomic mass is 16.5. The SMILES string of the molecule is C=C1N=NC(=O)c2noc(C)c21. The van der Waals surface area contributed by atoms with Crippen LogP contribution in [0.5, 0.6) is 0 Å². The van der Waals surface area contributed by atoms with E-state index in [9.17, 15) is 4.79 Å². The van der Waals surface area contributed by atoms with Crippen molar-refractivity contribution in [3.8, 4) is 0 Å². The summed E-state index contributed by atoms with van der Waals surface area (Å²) in [4.78, 5) is 11.0. The summed E-state index contributed by atoms with van der Waals surface area (Å²) in [6.45, 7) is 5.31. The summed E-state index contributed by atoms with van der Waals surface area (Å²) >= 11 is 0. The zero-order chi connectivity index (χ0) is 8.72. The van der Waals surface area contributed by atoms with Crippen LogP contribution >= 0.6 is 0 Å². The number of fused-ring (bicyclic) bond motifs is 1. The number of hydrogen-bond donors (Lipinski definition) is 0. The van der Waals surface area contributed by atoms with Crippen molar-refractivity contribution in [3.05, 3.63) is 23.6 Å². The first-order chi connectivity index (χ1) is 5.70. The second-order valence-electron chi connectivity index (χ2n) is 2.41. The first-order valence-corrected chi connectivity index (χ1v) is 3.32. The highest BCUT2D eigenvalue weighted by Gasteiger charge is 2.25. The van der Waals surface area contributed by atoms with Gasteiger partial charge in [0.25, 0.3) is 0 Å². The lowest BCUT2D eigenvalue weighted by Crippen LogP contribution is -2.03. The van der Waals surface area contributed by atoms with E-state index in [4.69, 9.17) is 4.52 Å². The van der Waals surface area contributed by atoms with E-state index in [-0.39, 0.29) is 5.69 Å². The van der Waals surface area contributed by atoms with E-state index in [1.165, 1.54) is 0 Å². The number of aryl methyl sites for hydroxylation is 1. The number of rotatable bonds is 0. The molecular weight excluding hydrogens is 158 g/mol. The average molecular weight is 163 g/mol. The molecule has 0 atom stereocenters. The molecule has 1 aliphatic rings. The van der Waals surface area contributed by atoms with Crippen molar-refractivity contribution in [2.24, 2.45) is 10.2 Å². The Morgan fingerprint density at radius 2 is 2.17 bits per heavy atom. The maximum atomic E-state index is 11.0. The van der Waals surface area contributed by atoms with Crippen molar-refractivity contribution in [1.29, 1.82) is 0 Å². The molecule has 5 nitrogen and oxygen atoms in total. The van der Waals surface area contributed by atoms with Crippen LogP contribution in [-0.4, -0.2) is 11.1 Å². The van der Waals surface area contributed by atoms with Gasteiger partial charge in [0.2, 0.25) is 0 Å². The summed E-state index contributed by atoms with van der Waals surface area (Å²) in [6.07, 6.45) is 0. The van der Waals surface area contributed by atoms with E-state index < -0.39 is 5.91 Å². The zero-order valence-corrected chi connectivity index (χ0v) is 6.37. The minimum atomic E-state index is -0.478. The topological polar surface area (TPSA) is 67.8 Å². The molecule has 60 valence electrons. The summed E-state index contributed by atoms with van der Waals surface area (Å²) < 4.78 is 4.81. The standard InChI is InChI=1S/C7H5N3O2/c1-3-5-4(2)12-10-6(5)7(11)9-8-3/h1H2,2H3. The van der Waals surface area contributed by atoms with Crippen molar-refractivity contribution in [2.45, 2.75) is 6.92 Å². The number of carbonyl (C=O) groups is 1. The normalized spacial score (nSPS) is 15.1. The molecule has 0 aromatic carbocycles. The van der Waals surface area contributed by atoms with Gasteiger partial charge in [-0.2, -0.15) is 0 Å². The van der Waals surface area contributed by atoms with Crippen LogP contribution < -0.4 is 0 Å². The van der Waals surface area contributed by atoms with Crippen molar-refractivity contribution in [2.75, 3.05) is 0 Å². The molecule has 0 spiro atoms. The maximum absolute atomic E-state index is 11.0. The van der Waals surface area contributed by atoms with Crippen molar-refractivity contribution in [1.82, 2.24) is 5.16 Å². The van der Waals surface area contributed by atoms with Gasteiger partial charge in [0.05, 0.1) is 11.3 Å². The van der Waals surface area contributed by atoms with Gasteiger partial charge in [-0.25, -0.2) is 0 Å². The second-order valence-corrected chi connectivity index (χ2v) is 2.41. The predicted molar refractivity (Wildman–Crippen MR) is 39.5 cm³/mol. The van der Waals surface area contributed by atoms with Crippen LogP contribution in [0, 0.1) is 6.92 Å². The molecule has 0 fully saturated rings. The lowest BCUT2D eigenvalue weighted by atomic mass is 10.1. The Labute approximate surface area is 67.8 Å². The van der Waals surface area contributed by atoms with Gasteiger partial charge >= 0.3 is 5.91 Å². The Hall–Kier alpha value is -1.78. The van der Waals surface area contributed by atoms with E-state index in [0.717, 1.165) is 0 Å². The van der Waals surface area contributed by atoms with Crippen molar-refractivity contribution >= 4 is 11.6 Å². The number of carbonyl (C=O) groups excluding carboxylic acids is 1. The fourth-order valence-electron chi connectivity index (χ4n) is 1.06. The smallest absolute Gasteiger partial charge is 0.318 e. The second kappa shape index (κ2) is 2.10. The van der Waals surface area contributed by atoms with Crippen LogP contribution in [0.2, 0.25) is 0 Å². The molecule has 0 N–H and O–H groups in total. The third kappa shape index (κ3) is 0.730. The number of nitrogens with zero attached hydrogens (tertiary/aromatic N) is 3. The average Bonchev–Trinajstić information content (AvgIpc) is 2.42. The Bertz CT molecular complexity index is 403. The minimum Gasteiger partial charge on any atom is -0.360 e. The highest BCUT2D eigenvalue weighted by molar-refractivity contribution is 5.99. The molecule has 0 aliphatic carbocycles. The highest BCUT2D eigenvalue weighted by Crippen LogP contribution is 2.26. The van der Waals surface area contributed by atoms with E-state index in [1.807, 2.05) is 0 Å². The van der Waals surface area contributed by atoms with Gasteiger partial charge in [0.1, 0.15) is 5.76 Å². The van der Waals surface area contributed by atoms with Gasteiger partial charge in [0.15, 0.2) is 5.69 Å². The monoisotopic (exact) mass is 163 g/mol. The molecule has 0 saturated heterocycles. The van der Waals surface area contributed by atoms with Gasteiger partial charge in [-0.05, 0) is 6.92 Å². The van der Waals surface area contributed by atoms with Gasteiger partial charge in [0, 0.05) is 0 Å². The lowest BCUT2D eigenvalue weighted by molar-refractivity contribution is 0.0984. The molecule has 0 saturated carbocycles. The largest absolute Gasteiger partial charge is 0.360 e. The van der Waals surface area contributed by atoms with Crippen LogP contribution in [0.3, 0.4) is 0 Å². The predicted octanol–water partition coefficient (Wildman–Crippen LogP) is 1.56. The Balaban J connectivity index is 2.72. The zero-order valence-electron chi connectivity index (χ0n) is 6.37. The molecule has 0 bridgehead atoms. The van der Waals surface area contributed by atoms with Crippen LogP contribution in [0.25, 0.3) is 5.70 Å². The summed E-state index contributed by atoms with van der Waals surface area (Å²) in [5.74, 6) is 0.0660. The van der Waals surface area contributed by atoms with Crippen LogP contribution in [0.4, 0.5) is 0 Å². The van der Waals surface area contributed by atoms with Gasteiger partial charge < -0.3 is 4.52 Å². The molecule has 2 rings (SSSR count). The summed E-state index contributed by atoms with van der Waals surface area (Å²) in [7, 11) is 0. The Morgan fingerprint density at radius 3 is 2.83 bits per heavy atom. The molecule has 1 aromatic heterocycles. The van der Waals surface area contributed by atoms with E-state index in [0.29, 0.717) is 17.0 Å². The minimum absolute atomic E-state index is 0.201. The molecule has 1 aliphatic heterocycles. The third-order valence-electron chi connectivity index (χ3n) is 1.62. The first-order valence-electron chi connectivity index (χ1n) is 3.32. The first kappa shape index (κ1) is 6.90. The summed E-state index contributed by atoms with van der Waals surface area (Å²) in [5.41, 5.74) is 1.19. The van der Waals surface area contributed by atoms with E-state index >= 15 is 0 Å². The molecule has 1 aromatic rings. The Morgan fingerprint density at radius 1 is 1.42 bits per heavy atom. The van der Waals surface area contributed by atoms with Crippen LogP contribution in [-0.2, 0) is 0 Å². The number of aromatic nitrogens is 1. The molecule has 5 heteroatoms. The number of hydrogen-bond acceptors (Lipinski definition) is 4. The number of amides is 1. The van der Waals surface area contributed by atoms with E-state index in [1.54, 1.807) is 6.92 Å². The van der Waals surface area contributed by atoms with Crippen molar-refractivity contribution < 1.29 is 9.32 Å². The quantitative estimate of drug-likeness (QED) is 0.582. The number of azo groups is 1. The molecule has 0 unspecified atom stereocenters. The van der Waals surface area contributed by atoms with Gasteiger partial charge in [-0.3, -0.25) is 4.79 Å². The molecule has 2 heterocycles. The molecule has 12 heavy (non-hydrogen) atoms. The van der Waals surface area contributed by atoms with Gasteiger partial charge in [-0.1, -0.05) is 11.7 Å². The fourth-order valence-corrected chi connectivity index (χ4v) is 1.06. The molecule has 1 amide bonds. The van der Waals surface area contributed by atoms with Gasteiger partial charge in [-0.15, -0.1) is 10.2 Å². The Kier molecular flexibility index (Phi) is 1.21. The fraction of sp³-hybridized carbons (Fsp3) is 0.143. The van der Waals surface area contributed by atoms with Crippen LogP contribution in [0.15, 0.2) is 21.3 Å².